The Hall–Kier alpha value is 0.110. The van der Waals surface area contributed by atoms with Crippen molar-refractivity contribution in [2.75, 3.05) is 45.6 Å². The number of quaternary nitrogens is 1. The molecule has 0 aliphatic heterocycles. The van der Waals surface area contributed by atoms with E-state index in [0.29, 0.717) is 25.3 Å². The summed E-state index contributed by atoms with van der Waals surface area (Å²) in [6.07, 6.45) is 20.8. The Balaban J connectivity index is 0. The van der Waals surface area contributed by atoms with Gasteiger partial charge in [0.25, 0.3) is 0 Å². The van der Waals surface area contributed by atoms with E-state index in [4.69, 9.17) is 9.05 Å². The fourth-order valence-corrected chi connectivity index (χ4v) is 7.11. The van der Waals surface area contributed by atoms with Crippen LogP contribution < -0.4 is 0 Å². The van der Waals surface area contributed by atoms with Crippen LogP contribution in [-0.4, -0.2) is 50.0 Å². The van der Waals surface area contributed by atoms with Crippen molar-refractivity contribution >= 4 is 7.60 Å². The lowest BCUT2D eigenvalue weighted by Crippen LogP contribution is -2.50. The highest BCUT2D eigenvalue weighted by atomic mass is 31.2. The largest absolute Gasteiger partial charge is 0.330 e. The van der Waals surface area contributed by atoms with Crippen LogP contribution in [-0.2, 0) is 13.6 Å². The summed E-state index contributed by atoms with van der Waals surface area (Å²) in [5, 5.41) is 0. The summed E-state index contributed by atoms with van der Waals surface area (Å²) < 4.78 is 25.3. The molecule has 0 saturated carbocycles. The van der Waals surface area contributed by atoms with Crippen LogP contribution in [0.1, 0.15) is 158 Å². The molecule has 0 aliphatic carbocycles. The monoisotopic (exact) mass is 549 g/mol. The molecule has 0 bridgehead atoms. The van der Waals surface area contributed by atoms with Crippen LogP contribution >= 0.6 is 7.60 Å². The van der Waals surface area contributed by atoms with E-state index >= 15 is 0 Å². The maximum Gasteiger partial charge on any atom is 0.330 e. The fraction of sp³-hybridized carbons (Fsp3) is 1.00. The Morgan fingerprint density at radius 2 is 1.03 bits per heavy atom. The lowest BCUT2D eigenvalue weighted by atomic mass is 10.0. The predicted molar refractivity (Wildman–Crippen MR) is 167 cm³/mol. The quantitative estimate of drug-likeness (QED) is 0.0612. The second kappa shape index (κ2) is 27.7. The van der Waals surface area contributed by atoms with E-state index in [1.807, 2.05) is 6.92 Å². The van der Waals surface area contributed by atoms with Crippen molar-refractivity contribution in [3.63, 3.8) is 0 Å². The van der Waals surface area contributed by atoms with Gasteiger partial charge in [-0.15, -0.1) is 0 Å². The summed E-state index contributed by atoms with van der Waals surface area (Å²) in [6, 6.07) is 0. The Morgan fingerprint density at radius 1 is 0.568 bits per heavy atom. The van der Waals surface area contributed by atoms with Crippen molar-refractivity contribution < 1.29 is 18.1 Å². The molecular formula is C32H71NO3P+. The number of hydrogen-bond acceptors (Lipinski definition) is 3. The summed E-state index contributed by atoms with van der Waals surface area (Å²) in [6.45, 7) is 24.5. The Morgan fingerprint density at radius 3 is 1.41 bits per heavy atom. The van der Waals surface area contributed by atoms with E-state index in [9.17, 15) is 4.57 Å². The zero-order valence-corrected chi connectivity index (χ0v) is 27.9. The topological polar surface area (TPSA) is 35.5 Å². The van der Waals surface area contributed by atoms with Gasteiger partial charge in [0.05, 0.1) is 45.6 Å². The van der Waals surface area contributed by atoms with Crippen molar-refractivity contribution in [2.45, 2.75) is 158 Å². The first-order valence-corrected chi connectivity index (χ1v) is 18.3. The first kappa shape index (κ1) is 39.3. The normalized spacial score (nSPS) is 14.2. The van der Waals surface area contributed by atoms with Gasteiger partial charge in [-0.1, -0.05) is 113 Å². The van der Waals surface area contributed by atoms with Gasteiger partial charge in [0, 0.05) is 0 Å². The van der Waals surface area contributed by atoms with Crippen LogP contribution in [0.25, 0.3) is 0 Å². The lowest BCUT2D eigenvalue weighted by Gasteiger charge is -2.39. The van der Waals surface area contributed by atoms with Crippen LogP contribution in [0.2, 0.25) is 0 Å². The molecule has 4 nitrogen and oxygen atoms in total. The average molecular weight is 549 g/mol. The SMILES string of the molecule is CCCCCCOP(=O)(CC(CC)CCCC)OCC.CCCC[N+](CCCC)(CCCC)CCCC. The molecule has 0 aromatic heterocycles. The summed E-state index contributed by atoms with van der Waals surface area (Å²) in [7, 11) is -2.88. The summed E-state index contributed by atoms with van der Waals surface area (Å²) in [5.41, 5.74) is 0. The number of hydrogen-bond donors (Lipinski definition) is 0. The molecule has 0 amide bonds. The standard InChI is InChI=1S/C16H36N.C16H35O3P/c1-5-9-13-17(14-10-6-2,15-11-7-3)16-12-8-4;1-5-9-11-12-14-19-20(17,18-8-4)15-16(7-3)13-10-6-2/h5-16H2,1-4H3;16H,5-15H2,1-4H3/q+1;. The lowest BCUT2D eigenvalue weighted by molar-refractivity contribution is -0.929. The van der Waals surface area contributed by atoms with Crippen molar-refractivity contribution in [1.82, 2.24) is 0 Å². The summed E-state index contributed by atoms with van der Waals surface area (Å²) in [4.78, 5) is 0. The van der Waals surface area contributed by atoms with E-state index in [1.54, 1.807) is 0 Å². The van der Waals surface area contributed by atoms with E-state index in [0.717, 1.165) is 25.7 Å². The highest BCUT2D eigenvalue weighted by molar-refractivity contribution is 7.53. The van der Waals surface area contributed by atoms with Crippen molar-refractivity contribution in [2.24, 2.45) is 5.92 Å². The molecule has 0 heterocycles. The van der Waals surface area contributed by atoms with Crippen molar-refractivity contribution in [3.8, 4) is 0 Å². The molecule has 226 valence electrons. The third kappa shape index (κ3) is 22.6. The van der Waals surface area contributed by atoms with Crippen molar-refractivity contribution in [3.05, 3.63) is 0 Å². The van der Waals surface area contributed by atoms with Gasteiger partial charge in [0.1, 0.15) is 0 Å². The van der Waals surface area contributed by atoms with Gasteiger partial charge in [0.15, 0.2) is 0 Å². The van der Waals surface area contributed by atoms with Crippen LogP contribution in [0.4, 0.5) is 0 Å². The van der Waals surface area contributed by atoms with Gasteiger partial charge in [-0.05, 0) is 51.4 Å². The maximum atomic E-state index is 12.7. The average Bonchev–Trinajstić information content (AvgIpc) is 2.90. The Kier molecular flexibility index (Phi) is 29.4. The smallest absolute Gasteiger partial charge is 0.324 e. The van der Waals surface area contributed by atoms with Gasteiger partial charge in [-0.25, -0.2) is 0 Å². The van der Waals surface area contributed by atoms with Gasteiger partial charge < -0.3 is 13.5 Å². The van der Waals surface area contributed by atoms with Crippen LogP contribution in [0.15, 0.2) is 0 Å². The zero-order valence-electron chi connectivity index (χ0n) is 27.0. The van der Waals surface area contributed by atoms with Crippen LogP contribution in [0, 0.1) is 5.92 Å². The van der Waals surface area contributed by atoms with Gasteiger partial charge in [-0.3, -0.25) is 4.57 Å². The minimum absolute atomic E-state index is 0.461. The highest BCUT2D eigenvalue weighted by Gasteiger charge is 2.28. The zero-order chi connectivity index (χ0) is 28.3. The molecule has 5 heteroatoms. The van der Waals surface area contributed by atoms with Gasteiger partial charge in [-0.2, -0.15) is 0 Å². The summed E-state index contributed by atoms with van der Waals surface area (Å²) >= 11 is 0. The molecule has 0 spiro atoms. The van der Waals surface area contributed by atoms with E-state index in [2.05, 4.69) is 48.5 Å². The third-order valence-electron chi connectivity index (χ3n) is 7.58. The Bertz CT molecular complexity index is 463. The molecule has 2 atom stereocenters. The molecular weight excluding hydrogens is 477 g/mol. The molecule has 0 fully saturated rings. The molecule has 0 rings (SSSR count). The molecule has 0 aromatic carbocycles. The number of nitrogens with zero attached hydrogens (tertiary/aromatic N) is 1. The van der Waals surface area contributed by atoms with E-state index < -0.39 is 7.60 Å². The maximum absolute atomic E-state index is 12.7. The molecule has 0 aliphatic rings. The van der Waals surface area contributed by atoms with E-state index in [-0.39, 0.29) is 0 Å². The molecule has 2 unspecified atom stereocenters. The van der Waals surface area contributed by atoms with E-state index in [1.165, 1.54) is 108 Å². The fourth-order valence-electron chi connectivity index (χ4n) is 4.95. The van der Waals surface area contributed by atoms with Crippen LogP contribution in [0.5, 0.6) is 0 Å². The second-order valence-corrected chi connectivity index (χ2v) is 13.3. The molecule has 0 N–H and O–H groups in total. The Labute approximate surface area is 235 Å². The van der Waals surface area contributed by atoms with Crippen LogP contribution in [0.3, 0.4) is 0 Å². The summed E-state index contributed by atoms with van der Waals surface area (Å²) in [5.74, 6) is 0.461. The first-order valence-electron chi connectivity index (χ1n) is 16.6. The number of rotatable bonds is 26. The minimum atomic E-state index is -2.88. The van der Waals surface area contributed by atoms with Crippen molar-refractivity contribution in [1.29, 1.82) is 0 Å². The predicted octanol–water partition coefficient (Wildman–Crippen LogP) is 11.0. The van der Waals surface area contributed by atoms with Gasteiger partial charge in [0.2, 0.25) is 0 Å². The molecule has 0 radical (unpaired) electrons. The molecule has 37 heavy (non-hydrogen) atoms. The molecule has 0 saturated heterocycles. The number of unbranched alkanes of at least 4 members (excludes halogenated alkanes) is 8. The second-order valence-electron chi connectivity index (χ2n) is 11.2. The molecule has 0 aromatic rings. The minimum Gasteiger partial charge on any atom is -0.324 e. The third-order valence-corrected chi connectivity index (χ3v) is 9.77. The van der Waals surface area contributed by atoms with Gasteiger partial charge >= 0.3 is 7.60 Å². The first-order chi connectivity index (χ1) is 17.9. The highest BCUT2D eigenvalue weighted by Crippen LogP contribution is 2.50.